The highest BCUT2D eigenvalue weighted by atomic mass is 16.6. The number of rotatable bonds is 55. The zero-order valence-corrected chi connectivity index (χ0v) is 48.3. The van der Waals surface area contributed by atoms with Crippen molar-refractivity contribution >= 4 is 17.9 Å². The van der Waals surface area contributed by atoms with Crippen LogP contribution in [0.25, 0.3) is 0 Å². The van der Waals surface area contributed by atoms with E-state index in [1.54, 1.807) is 0 Å². The maximum absolute atomic E-state index is 12.9. The molecule has 0 aromatic heterocycles. The Morgan fingerprint density at radius 3 is 0.878 bits per heavy atom. The van der Waals surface area contributed by atoms with Crippen LogP contribution < -0.4 is 0 Å². The third-order valence-corrected chi connectivity index (χ3v) is 13.0. The monoisotopic (exact) mass is 1030 g/mol. The average Bonchev–Trinajstić information content (AvgIpc) is 3.40. The lowest BCUT2D eigenvalue weighted by Crippen LogP contribution is -2.30. The molecule has 0 saturated heterocycles. The van der Waals surface area contributed by atoms with Gasteiger partial charge in [-0.3, -0.25) is 14.4 Å². The molecular weight excluding hydrogens is 913 g/mol. The molecule has 0 spiro atoms. The topological polar surface area (TPSA) is 78.9 Å². The summed E-state index contributed by atoms with van der Waals surface area (Å²) in [7, 11) is 0. The van der Waals surface area contributed by atoms with E-state index in [0.29, 0.717) is 12.8 Å². The van der Waals surface area contributed by atoms with E-state index in [1.807, 2.05) is 0 Å². The van der Waals surface area contributed by atoms with Gasteiger partial charge in [-0.05, 0) is 128 Å². The van der Waals surface area contributed by atoms with Gasteiger partial charge in [0.25, 0.3) is 0 Å². The molecule has 0 aromatic carbocycles. The van der Waals surface area contributed by atoms with Crippen LogP contribution in [0.4, 0.5) is 0 Å². The van der Waals surface area contributed by atoms with Gasteiger partial charge in [0.15, 0.2) is 6.10 Å². The van der Waals surface area contributed by atoms with Crippen molar-refractivity contribution in [1.29, 1.82) is 0 Å². The molecule has 0 rings (SSSR count). The molecule has 422 valence electrons. The van der Waals surface area contributed by atoms with E-state index >= 15 is 0 Å². The largest absolute Gasteiger partial charge is 0.462 e. The first-order chi connectivity index (χ1) is 36.5. The van der Waals surface area contributed by atoms with Crippen LogP contribution in [0, 0.1) is 0 Å². The lowest BCUT2D eigenvalue weighted by Gasteiger charge is -2.18. The molecule has 0 aliphatic heterocycles. The highest BCUT2D eigenvalue weighted by molar-refractivity contribution is 5.71. The number of unbranched alkanes of at least 4 members (excludes halogenated alkanes) is 26. The molecule has 6 heteroatoms. The fourth-order valence-electron chi connectivity index (χ4n) is 8.35. The van der Waals surface area contributed by atoms with Crippen molar-refractivity contribution < 1.29 is 28.6 Å². The Balaban J connectivity index is 4.38. The van der Waals surface area contributed by atoms with Crippen molar-refractivity contribution in [3.05, 3.63) is 109 Å². The fraction of sp³-hybridized carbons (Fsp3) is 0.691. The van der Waals surface area contributed by atoms with Crippen LogP contribution in [-0.4, -0.2) is 37.2 Å². The highest BCUT2D eigenvalue weighted by Gasteiger charge is 2.19. The van der Waals surface area contributed by atoms with Crippen LogP contribution in [-0.2, 0) is 28.6 Å². The number of carbonyl (C=O) groups is 3. The van der Waals surface area contributed by atoms with Crippen LogP contribution in [0.15, 0.2) is 109 Å². The Morgan fingerprint density at radius 2 is 0.527 bits per heavy atom. The van der Waals surface area contributed by atoms with Crippen LogP contribution in [0.2, 0.25) is 0 Å². The summed E-state index contributed by atoms with van der Waals surface area (Å²) in [6.45, 7) is 6.46. The van der Waals surface area contributed by atoms with Gasteiger partial charge < -0.3 is 14.2 Å². The summed E-state index contributed by atoms with van der Waals surface area (Å²) in [5.74, 6) is -0.939. The minimum absolute atomic E-state index is 0.0972. The minimum Gasteiger partial charge on any atom is -0.462 e. The summed E-state index contributed by atoms with van der Waals surface area (Å²) < 4.78 is 16.9. The molecule has 0 radical (unpaired) electrons. The van der Waals surface area contributed by atoms with Crippen molar-refractivity contribution in [2.75, 3.05) is 13.2 Å². The average molecular weight is 1030 g/mol. The Bertz CT molecular complexity index is 1510. The van der Waals surface area contributed by atoms with Crippen LogP contribution in [0.1, 0.15) is 284 Å². The number of esters is 3. The van der Waals surface area contributed by atoms with Gasteiger partial charge >= 0.3 is 17.9 Å². The summed E-state index contributed by atoms with van der Waals surface area (Å²) >= 11 is 0. The van der Waals surface area contributed by atoms with Gasteiger partial charge in [-0.1, -0.05) is 246 Å². The van der Waals surface area contributed by atoms with E-state index in [-0.39, 0.29) is 37.5 Å². The Hall–Kier alpha value is -3.93. The third kappa shape index (κ3) is 59.0. The molecule has 0 aromatic rings. The van der Waals surface area contributed by atoms with Gasteiger partial charge in [0.2, 0.25) is 0 Å². The smallest absolute Gasteiger partial charge is 0.306 e. The number of ether oxygens (including phenoxy) is 3. The maximum Gasteiger partial charge on any atom is 0.306 e. The normalized spacial score (nSPS) is 12.9. The molecule has 0 aliphatic rings. The van der Waals surface area contributed by atoms with Crippen molar-refractivity contribution in [1.82, 2.24) is 0 Å². The summed E-state index contributed by atoms with van der Waals surface area (Å²) in [6.07, 6.45) is 83.7. The molecule has 0 fully saturated rings. The molecule has 0 amide bonds. The van der Waals surface area contributed by atoms with Crippen LogP contribution >= 0.6 is 0 Å². The Morgan fingerprint density at radius 1 is 0.284 bits per heavy atom. The standard InChI is InChI=1S/C68H114O6/c1-4-7-10-13-16-19-22-25-27-29-31-32-33-34-35-36-38-39-41-43-46-49-52-55-58-61-67(70)73-64-65(63-72-66(69)60-57-54-51-48-45-24-21-18-15-12-9-6-3)74-68(71)62-59-56-53-50-47-44-42-40-37-30-28-26-23-20-17-14-11-8-5-2/h8,11,17-18,20-22,25-26,28-29,31,33-34,37,40,44,47,65H,4-7,9-10,12-16,19,23-24,27,30,32,35-36,38-39,41-43,45-46,48-64H2,1-3H3/b11-8-,20-17-,21-18-,25-22-,28-26-,31-29-,34-33-,40-37-,47-44-. The second-order valence-corrected chi connectivity index (χ2v) is 20.2. The van der Waals surface area contributed by atoms with E-state index in [9.17, 15) is 14.4 Å². The number of hydrogen-bond donors (Lipinski definition) is 0. The molecule has 0 aliphatic carbocycles. The van der Waals surface area contributed by atoms with Gasteiger partial charge in [0.05, 0.1) is 0 Å². The molecular formula is C68H114O6. The minimum atomic E-state index is -0.803. The molecule has 0 heterocycles. The zero-order valence-electron chi connectivity index (χ0n) is 48.3. The first-order valence-electron chi connectivity index (χ1n) is 30.9. The van der Waals surface area contributed by atoms with Crippen molar-refractivity contribution in [3.8, 4) is 0 Å². The Labute approximate surface area is 457 Å². The molecule has 0 bridgehead atoms. The van der Waals surface area contributed by atoms with E-state index in [0.717, 1.165) is 122 Å². The Kier molecular flexibility index (Phi) is 58.3. The van der Waals surface area contributed by atoms with Gasteiger partial charge in [0, 0.05) is 19.3 Å². The highest BCUT2D eigenvalue weighted by Crippen LogP contribution is 2.15. The molecule has 0 N–H and O–H groups in total. The van der Waals surface area contributed by atoms with Crippen molar-refractivity contribution in [2.45, 2.75) is 290 Å². The zero-order chi connectivity index (χ0) is 53.6. The molecule has 74 heavy (non-hydrogen) atoms. The van der Waals surface area contributed by atoms with Crippen molar-refractivity contribution in [2.24, 2.45) is 0 Å². The second kappa shape index (κ2) is 61.6. The summed E-state index contributed by atoms with van der Waals surface area (Å²) in [4.78, 5) is 38.2. The summed E-state index contributed by atoms with van der Waals surface area (Å²) in [5.41, 5.74) is 0. The predicted octanol–water partition coefficient (Wildman–Crippen LogP) is 21.0. The van der Waals surface area contributed by atoms with E-state index in [1.165, 1.54) is 122 Å². The lowest BCUT2D eigenvalue weighted by atomic mass is 10.1. The SMILES string of the molecule is CC/C=C\C/C=C\C/C=C\C/C=C\C/C=C\CCCCCC(=O)OC(COC(=O)CCCCCCC/C=C\CCCCC)COC(=O)CCCCCCCCCCCC/C=C\C/C=C\C/C=C\CCCCCCC. The first-order valence-corrected chi connectivity index (χ1v) is 30.9. The first kappa shape index (κ1) is 70.1. The molecule has 0 saturated carbocycles. The second-order valence-electron chi connectivity index (χ2n) is 20.2. The molecule has 6 nitrogen and oxygen atoms in total. The summed E-state index contributed by atoms with van der Waals surface area (Å²) in [5, 5.41) is 0. The quantitative estimate of drug-likeness (QED) is 0.0261. The fourth-order valence-corrected chi connectivity index (χ4v) is 8.35. The third-order valence-electron chi connectivity index (χ3n) is 13.0. The van der Waals surface area contributed by atoms with E-state index < -0.39 is 6.10 Å². The van der Waals surface area contributed by atoms with Gasteiger partial charge in [-0.25, -0.2) is 0 Å². The van der Waals surface area contributed by atoms with Gasteiger partial charge in [0.1, 0.15) is 13.2 Å². The van der Waals surface area contributed by atoms with Gasteiger partial charge in [-0.15, -0.1) is 0 Å². The molecule has 1 unspecified atom stereocenters. The van der Waals surface area contributed by atoms with Crippen LogP contribution in [0.3, 0.4) is 0 Å². The molecule has 1 atom stereocenters. The summed E-state index contributed by atoms with van der Waals surface area (Å²) in [6, 6.07) is 0. The van der Waals surface area contributed by atoms with Gasteiger partial charge in [-0.2, -0.15) is 0 Å². The van der Waals surface area contributed by atoms with E-state index in [2.05, 4.69) is 130 Å². The van der Waals surface area contributed by atoms with Crippen LogP contribution in [0.5, 0.6) is 0 Å². The van der Waals surface area contributed by atoms with E-state index in [4.69, 9.17) is 14.2 Å². The number of allylic oxidation sites excluding steroid dienone is 18. The number of carbonyl (C=O) groups excluding carboxylic acids is 3. The predicted molar refractivity (Wildman–Crippen MR) is 320 cm³/mol. The lowest BCUT2D eigenvalue weighted by molar-refractivity contribution is -0.167. The van der Waals surface area contributed by atoms with Crippen molar-refractivity contribution in [3.63, 3.8) is 0 Å². The maximum atomic E-state index is 12.9. The number of hydrogen-bond acceptors (Lipinski definition) is 6.